The molecule has 0 saturated carbocycles. The Labute approximate surface area is 175 Å². The van der Waals surface area contributed by atoms with Crippen molar-refractivity contribution in [1.29, 1.82) is 0 Å². The first kappa shape index (κ1) is 22.7. The average molecular weight is 395 g/mol. The molecule has 4 nitrogen and oxygen atoms in total. The number of benzene rings is 2. The van der Waals surface area contributed by atoms with Crippen molar-refractivity contribution in [3.05, 3.63) is 65.7 Å². The van der Waals surface area contributed by atoms with Crippen molar-refractivity contribution in [3.8, 4) is 11.5 Å². The maximum atomic E-state index is 6.24. The molecule has 0 aromatic heterocycles. The van der Waals surface area contributed by atoms with E-state index in [1.165, 1.54) is 0 Å². The van der Waals surface area contributed by atoms with Gasteiger partial charge in [-0.05, 0) is 82.0 Å². The first-order chi connectivity index (χ1) is 13.8. The average Bonchev–Trinajstić information content (AvgIpc) is 2.69. The molecule has 0 radical (unpaired) electrons. The van der Waals surface area contributed by atoms with Gasteiger partial charge >= 0.3 is 0 Å². The largest absolute Gasteiger partial charge is 0.457 e. The maximum absolute atomic E-state index is 6.24. The molecule has 4 heteroatoms. The Morgan fingerprint density at radius 3 is 2.55 bits per heavy atom. The van der Waals surface area contributed by atoms with Crippen LogP contribution >= 0.6 is 0 Å². The summed E-state index contributed by atoms with van der Waals surface area (Å²) in [4.78, 5) is 6.64. The lowest BCUT2D eigenvalue weighted by Gasteiger charge is -2.29. The van der Waals surface area contributed by atoms with Crippen LogP contribution in [0.3, 0.4) is 0 Å². The Bertz CT molecular complexity index is 860. The van der Waals surface area contributed by atoms with E-state index in [9.17, 15) is 0 Å². The van der Waals surface area contributed by atoms with Crippen LogP contribution in [0.15, 0.2) is 54.0 Å². The summed E-state index contributed by atoms with van der Waals surface area (Å²) < 4.78 is 12.3. The molecule has 0 fully saturated rings. The molecular weight excluding hydrogens is 360 g/mol. The normalized spacial score (nSPS) is 13.3. The number of hydrogen-bond donors (Lipinski definition) is 0. The van der Waals surface area contributed by atoms with E-state index in [2.05, 4.69) is 50.5 Å². The lowest BCUT2D eigenvalue weighted by Crippen LogP contribution is -2.25. The van der Waals surface area contributed by atoms with Crippen LogP contribution in [0.1, 0.15) is 43.9 Å². The van der Waals surface area contributed by atoms with Gasteiger partial charge in [-0.15, -0.1) is 6.58 Å². The minimum Gasteiger partial charge on any atom is -0.457 e. The standard InChI is InChI=1S/C25H34N2O2/c1-8-14-25(6,28-10-3)21-12-11-13-22(17-21)29-24-16-19(4)23(15-20(24)5)26-18-27(7)9-2/h8,11-13,15-18H,1,9-10,14H2,2-7H3/b26-18-. The van der Waals surface area contributed by atoms with Crippen molar-refractivity contribution in [2.75, 3.05) is 20.2 Å². The maximum Gasteiger partial charge on any atom is 0.130 e. The summed E-state index contributed by atoms with van der Waals surface area (Å²) in [6, 6.07) is 12.2. The number of aliphatic imine (C=N–C) groups is 1. The van der Waals surface area contributed by atoms with Gasteiger partial charge in [0.2, 0.25) is 0 Å². The van der Waals surface area contributed by atoms with Gasteiger partial charge in [0.25, 0.3) is 0 Å². The third-order valence-corrected chi connectivity index (χ3v) is 5.06. The molecule has 0 N–H and O–H groups in total. The second kappa shape index (κ2) is 10.3. The molecule has 0 heterocycles. The zero-order valence-electron chi connectivity index (χ0n) is 18.7. The molecule has 29 heavy (non-hydrogen) atoms. The minimum absolute atomic E-state index is 0.412. The van der Waals surface area contributed by atoms with Crippen LogP contribution in [-0.4, -0.2) is 31.4 Å². The fourth-order valence-electron chi connectivity index (χ4n) is 3.14. The molecule has 2 aromatic rings. The summed E-state index contributed by atoms with van der Waals surface area (Å²) >= 11 is 0. The second-order valence-corrected chi connectivity index (χ2v) is 7.51. The summed E-state index contributed by atoms with van der Waals surface area (Å²) in [6.45, 7) is 15.7. The van der Waals surface area contributed by atoms with E-state index in [-0.39, 0.29) is 0 Å². The molecule has 1 atom stereocenters. The minimum atomic E-state index is -0.412. The van der Waals surface area contributed by atoms with Crippen LogP contribution in [0, 0.1) is 13.8 Å². The Morgan fingerprint density at radius 2 is 1.90 bits per heavy atom. The van der Waals surface area contributed by atoms with Gasteiger partial charge < -0.3 is 14.4 Å². The Balaban J connectivity index is 2.29. The number of hydrogen-bond acceptors (Lipinski definition) is 3. The monoisotopic (exact) mass is 394 g/mol. The van der Waals surface area contributed by atoms with Crippen molar-refractivity contribution < 1.29 is 9.47 Å². The molecule has 0 spiro atoms. The van der Waals surface area contributed by atoms with Gasteiger partial charge in [0, 0.05) is 20.2 Å². The molecular formula is C25H34N2O2. The van der Waals surface area contributed by atoms with E-state index < -0.39 is 5.60 Å². The van der Waals surface area contributed by atoms with E-state index in [0.29, 0.717) is 6.61 Å². The summed E-state index contributed by atoms with van der Waals surface area (Å²) in [7, 11) is 2.01. The highest BCUT2D eigenvalue weighted by Crippen LogP contribution is 2.35. The molecule has 1 unspecified atom stereocenters. The summed E-state index contributed by atoms with van der Waals surface area (Å²) in [5.41, 5.74) is 3.75. The molecule has 0 saturated heterocycles. The van der Waals surface area contributed by atoms with Crippen LogP contribution in [0.5, 0.6) is 11.5 Å². The van der Waals surface area contributed by atoms with Crippen molar-refractivity contribution in [3.63, 3.8) is 0 Å². The van der Waals surface area contributed by atoms with Gasteiger partial charge in [0.05, 0.1) is 17.6 Å². The molecule has 2 rings (SSSR count). The fourth-order valence-corrected chi connectivity index (χ4v) is 3.14. The highest BCUT2D eigenvalue weighted by Gasteiger charge is 2.26. The molecule has 0 bridgehead atoms. The highest BCUT2D eigenvalue weighted by molar-refractivity contribution is 5.64. The third kappa shape index (κ3) is 5.94. The lowest BCUT2D eigenvalue weighted by atomic mass is 9.92. The van der Waals surface area contributed by atoms with Crippen molar-refractivity contribution in [1.82, 2.24) is 4.90 Å². The van der Waals surface area contributed by atoms with Gasteiger partial charge in [0.1, 0.15) is 11.5 Å². The van der Waals surface area contributed by atoms with E-state index in [1.807, 2.05) is 56.4 Å². The van der Waals surface area contributed by atoms with Gasteiger partial charge in [0.15, 0.2) is 0 Å². The van der Waals surface area contributed by atoms with E-state index in [1.54, 1.807) is 0 Å². The lowest BCUT2D eigenvalue weighted by molar-refractivity contribution is -0.0271. The molecule has 2 aromatic carbocycles. The SMILES string of the molecule is C=CCC(C)(OCC)c1cccc(Oc2cc(C)c(/N=C\N(C)CC)cc2C)c1. The first-order valence-electron chi connectivity index (χ1n) is 10.2. The molecule has 0 aliphatic carbocycles. The van der Waals surface area contributed by atoms with Crippen molar-refractivity contribution in [2.24, 2.45) is 4.99 Å². The summed E-state index contributed by atoms with van der Waals surface area (Å²) in [6.07, 6.45) is 4.49. The van der Waals surface area contributed by atoms with Crippen LogP contribution in [0.25, 0.3) is 0 Å². The second-order valence-electron chi connectivity index (χ2n) is 7.51. The summed E-state index contributed by atoms with van der Waals surface area (Å²) in [5, 5.41) is 0. The van der Waals surface area contributed by atoms with Gasteiger partial charge in [-0.25, -0.2) is 4.99 Å². The zero-order valence-corrected chi connectivity index (χ0v) is 18.7. The van der Waals surface area contributed by atoms with Crippen LogP contribution in [0.2, 0.25) is 0 Å². The van der Waals surface area contributed by atoms with E-state index in [4.69, 9.17) is 9.47 Å². The Kier molecular flexibility index (Phi) is 8.03. The van der Waals surface area contributed by atoms with Crippen molar-refractivity contribution in [2.45, 2.75) is 46.6 Å². The summed E-state index contributed by atoms with van der Waals surface area (Å²) in [5.74, 6) is 1.63. The number of rotatable bonds is 10. The Morgan fingerprint density at radius 1 is 1.14 bits per heavy atom. The first-order valence-corrected chi connectivity index (χ1v) is 10.2. The van der Waals surface area contributed by atoms with Gasteiger partial charge in [-0.2, -0.15) is 0 Å². The Hall–Kier alpha value is -2.59. The zero-order chi connectivity index (χ0) is 21.4. The van der Waals surface area contributed by atoms with E-state index >= 15 is 0 Å². The number of ether oxygens (including phenoxy) is 2. The van der Waals surface area contributed by atoms with Crippen molar-refractivity contribution >= 4 is 12.0 Å². The molecule has 156 valence electrons. The predicted molar refractivity (Wildman–Crippen MR) is 123 cm³/mol. The smallest absolute Gasteiger partial charge is 0.130 e. The van der Waals surface area contributed by atoms with E-state index in [0.717, 1.165) is 46.8 Å². The number of aryl methyl sites for hydroxylation is 2. The van der Waals surface area contributed by atoms with Crippen LogP contribution < -0.4 is 4.74 Å². The molecule has 0 aliphatic rings. The van der Waals surface area contributed by atoms with Crippen LogP contribution in [-0.2, 0) is 10.3 Å². The van der Waals surface area contributed by atoms with Crippen LogP contribution in [0.4, 0.5) is 5.69 Å². The highest BCUT2D eigenvalue weighted by atomic mass is 16.5. The van der Waals surface area contributed by atoms with Gasteiger partial charge in [-0.1, -0.05) is 18.2 Å². The third-order valence-electron chi connectivity index (χ3n) is 5.06. The molecule has 0 amide bonds. The topological polar surface area (TPSA) is 34.1 Å². The fraction of sp³-hybridized carbons (Fsp3) is 0.400. The number of nitrogens with zero attached hydrogens (tertiary/aromatic N) is 2. The predicted octanol–water partition coefficient (Wildman–Crippen LogP) is 6.54. The quantitative estimate of drug-likeness (QED) is 0.261. The molecule has 0 aliphatic heterocycles. The van der Waals surface area contributed by atoms with Gasteiger partial charge in [-0.3, -0.25) is 0 Å².